The first-order chi connectivity index (χ1) is 10.1. The summed E-state index contributed by atoms with van der Waals surface area (Å²) in [5, 5.41) is 10.6. The van der Waals surface area contributed by atoms with Gasteiger partial charge < -0.3 is 14.2 Å². The van der Waals surface area contributed by atoms with Crippen molar-refractivity contribution in [1.29, 1.82) is 0 Å². The standard InChI is InChI=1S/C14H15NO6/c16-13(9-1-3-10(4-2-9)15(17)18)21-12-6-5-11-7-8-19-14(12)20-11/h1-4,11-12,14H,5-8H2/t11-,12+,14+/m0/s1. The Kier molecular flexibility index (Phi) is 3.85. The van der Waals surface area contributed by atoms with Gasteiger partial charge in [0.2, 0.25) is 0 Å². The lowest BCUT2D eigenvalue weighted by Crippen LogP contribution is -2.47. The van der Waals surface area contributed by atoms with E-state index in [-0.39, 0.29) is 17.4 Å². The number of non-ortho nitro benzene ring substituents is 1. The summed E-state index contributed by atoms with van der Waals surface area (Å²) >= 11 is 0. The normalized spacial score (nSPS) is 27.9. The molecule has 2 aliphatic rings. The number of fused-ring (bicyclic) bond motifs is 2. The minimum atomic E-state index is -0.522. The lowest BCUT2D eigenvalue weighted by atomic mass is 10.0. The monoisotopic (exact) mass is 293 g/mol. The van der Waals surface area contributed by atoms with E-state index < -0.39 is 23.3 Å². The van der Waals surface area contributed by atoms with Crippen molar-refractivity contribution in [2.24, 2.45) is 0 Å². The maximum atomic E-state index is 12.1. The fourth-order valence-electron chi connectivity index (χ4n) is 2.55. The average Bonchev–Trinajstić information content (AvgIpc) is 2.50. The molecule has 3 atom stereocenters. The Balaban J connectivity index is 1.64. The number of esters is 1. The molecule has 7 nitrogen and oxygen atoms in total. The first-order valence-electron chi connectivity index (χ1n) is 6.86. The van der Waals surface area contributed by atoms with Gasteiger partial charge >= 0.3 is 5.97 Å². The number of rotatable bonds is 3. The second-order valence-electron chi connectivity index (χ2n) is 5.11. The predicted octanol–water partition coefficient (Wildman–Crippen LogP) is 2.05. The van der Waals surface area contributed by atoms with Gasteiger partial charge in [0, 0.05) is 12.1 Å². The molecule has 2 aliphatic heterocycles. The van der Waals surface area contributed by atoms with Crippen LogP contribution in [0.3, 0.4) is 0 Å². The van der Waals surface area contributed by atoms with Crippen LogP contribution in [-0.4, -0.2) is 36.0 Å². The number of carbonyl (C=O) groups excluding carboxylic acids is 1. The molecule has 2 heterocycles. The lowest BCUT2D eigenvalue weighted by Gasteiger charge is -2.39. The lowest BCUT2D eigenvalue weighted by molar-refractivity contribution is -0.384. The van der Waals surface area contributed by atoms with Crippen molar-refractivity contribution in [3.8, 4) is 0 Å². The average molecular weight is 293 g/mol. The number of hydrogen-bond donors (Lipinski definition) is 0. The highest BCUT2D eigenvalue weighted by atomic mass is 16.7. The van der Waals surface area contributed by atoms with Crippen LogP contribution in [0.15, 0.2) is 24.3 Å². The van der Waals surface area contributed by atoms with E-state index in [9.17, 15) is 14.9 Å². The molecule has 7 heteroatoms. The number of carbonyl (C=O) groups is 1. The van der Waals surface area contributed by atoms with Gasteiger partial charge in [-0.3, -0.25) is 10.1 Å². The Morgan fingerprint density at radius 3 is 2.71 bits per heavy atom. The third kappa shape index (κ3) is 3.03. The van der Waals surface area contributed by atoms with Gasteiger partial charge in [-0.2, -0.15) is 0 Å². The predicted molar refractivity (Wildman–Crippen MR) is 70.8 cm³/mol. The highest BCUT2D eigenvalue weighted by Gasteiger charge is 2.37. The third-order valence-electron chi connectivity index (χ3n) is 3.70. The Bertz CT molecular complexity index is 543. The first kappa shape index (κ1) is 14.0. The zero-order chi connectivity index (χ0) is 14.8. The quantitative estimate of drug-likeness (QED) is 0.481. The molecule has 0 amide bonds. The molecule has 0 saturated carbocycles. The maximum absolute atomic E-state index is 12.1. The fourth-order valence-corrected chi connectivity index (χ4v) is 2.55. The summed E-state index contributed by atoms with van der Waals surface area (Å²) < 4.78 is 16.5. The summed E-state index contributed by atoms with van der Waals surface area (Å²) in [5.41, 5.74) is 0.213. The van der Waals surface area contributed by atoms with Crippen LogP contribution in [0, 0.1) is 10.1 Å². The topological polar surface area (TPSA) is 87.9 Å². The van der Waals surface area contributed by atoms with E-state index in [2.05, 4.69) is 0 Å². The summed E-state index contributed by atoms with van der Waals surface area (Å²) in [6.45, 7) is 0.612. The molecule has 2 bridgehead atoms. The van der Waals surface area contributed by atoms with Crippen LogP contribution in [-0.2, 0) is 14.2 Å². The van der Waals surface area contributed by atoms with Crippen LogP contribution < -0.4 is 0 Å². The molecule has 1 aromatic carbocycles. The number of nitrogens with zero attached hydrogens (tertiary/aromatic N) is 1. The molecule has 112 valence electrons. The Hall–Kier alpha value is -1.99. The van der Waals surface area contributed by atoms with Crippen LogP contribution in [0.1, 0.15) is 29.6 Å². The van der Waals surface area contributed by atoms with Gasteiger partial charge in [0.05, 0.1) is 23.2 Å². The van der Waals surface area contributed by atoms with Gasteiger partial charge in [0.15, 0.2) is 12.4 Å². The summed E-state index contributed by atoms with van der Waals surface area (Å²) in [6.07, 6.45) is 1.69. The van der Waals surface area contributed by atoms with E-state index >= 15 is 0 Å². The minimum absolute atomic E-state index is 0.0639. The van der Waals surface area contributed by atoms with E-state index in [1.165, 1.54) is 24.3 Å². The van der Waals surface area contributed by atoms with E-state index in [1.807, 2.05) is 0 Å². The van der Waals surface area contributed by atoms with Crippen LogP contribution in [0.4, 0.5) is 5.69 Å². The van der Waals surface area contributed by atoms with E-state index in [0.29, 0.717) is 13.0 Å². The first-order valence-corrected chi connectivity index (χ1v) is 6.86. The fraction of sp³-hybridized carbons (Fsp3) is 0.500. The molecule has 21 heavy (non-hydrogen) atoms. The van der Waals surface area contributed by atoms with E-state index in [1.54, 1.807) is 0 Å². The SMILES string of the molecule is O=C(O[C@@H]1CC[C@H]2CCO[C@@H]1O2)c1ccc([N+](=O)[O-])cc1. The highest BCUT2D eigenvalue weighted by molar-refractivity contribution is 5.89. The van der Waals surface area contributed by atoms with E-state index in [0.717, 1.165) is 12.8 Å². The second kappa shape index (κ2) is 5.79. The van der Waals surface area contributed by atoms with Gasteiger partial charge in [-0.1, -0.05) is 0 Å². The summed E-state index contributed by atoms with van der Waals surface area (Å²) in [4.78, 5) is 22.1. The zero-order valence-corrected chi connectivity index (χ0v) is 11.3. The van der Waals surface area contributed by atoms with Crippen molar-refractivity contribution < 1.29 is 23.9 Å². The molecule has 0 aliphatic carbocycles. The molecule has 0 radical (unpaired) electrons. The largest absolute Gasteiger partial charge is 0.453 e. The molecule has 3 rings (SSSR count). The number of nitro groups is 1. The summed E-state index contributed by atoms with van der Waals surface area (Å²) in [7, 11) is 0. The van der Waals surface area contributed by atoms with Crippen molar-refractivity contribution in [1.82, 2.24) is 0 Å². The molecular formula is C14H15NO6. The number of benzene rings is 1. The molecule has 1 aromatic rings. The Morgan fingerprint density at radius 1 is 1.24 bits per heavy atom. The van der Waals surface area contributed by atoms with Crippen LogP contribution in [0.2, 0.25) is 0 Å². The molecule has 0 spiro atoms. The highest BCUT2D eigenvalue weighted by Crippen LogP contribution is 2.29. The van der Waals surface area contributed by atoms with Crippen LogP contribution in [0.5, 0.6) is 0 Å². The molecular weight excluding hydrogens is 278 g/mol. The maximum Gasteiger partial charge on any atom is 0.338 e. The smallest absolute Gasteiger partial charge is 0.338 e. The molecule has 2 saturated heterocycles. The number of ether oxygens (including phenoxy) is 3. The molecule has 2 fully saturated rings. The van der Waals surface area contributed by atoms with Crippen molar-refractivity contribution in [2.45, 2.75) is 37.8 Å². The van der Waals surface area contributed by atoms with E-state index in [4.69, 9.17) is 14.2 Å². The van der Waals surface area contributed by atoms with Gasteiger partial charge in [-0.25, -0.2) is 4.79 Å². The van der Waals surface area contributed by atoms with Crippen LogP contribution >= 0.6 is 0 Å². The molecule has 0 unspecified atom stereocenters. The van der Waals surface area contributed by atoms with Gasteiger partial charge in [0.25, 0.3) is 5.69 Å². The molecule has 0 N–H and O–H groups in total. The summed E-state index contributed by atoms with van der Waals surface area (Å²) in [5.74, 6) is -0.522. The van der Waals surface area contributed by atoms with Gasteiger partial charge in [-0.15, -0.1) is 0 Å². The van der Waals surface area contributed by atoms with Crippen LogP contribution in [0.25, 0.3) is 0 Å². The van der Waals surface area contributed by atoms with Crippen molar-refractivity contribution >= 4 is 11.7 Å². The molecule has 0 aromatic heterocycles. The van der Waals surface area contributed by atoms with Crippen molar-refractivity contribution in [3.63, 3.8) is 0 Å². The van der Waals surface area contributed by atoms with Gasteiger partial charge in [-0.05, 0) is 31.4 Å². The third-order valence-corrected chi connectivity index (χ3v) is 3.70. The number of hydrogen-bond acceptors (Lipinski definition) is 6. The summed E-state index contributed by atoms with van der Waals surface area (Å²) in [6, 6.07) is 5.32. The Labute approximate surface area is 120 Å². The minimum Gasteiger partial charge on any atom is -0.453 e. The zero-order valence-electron chi connectivity index (χ0n) is 11.3. The number of nitro benzene ring substituents is 1. The Morgan fingerprint density at radius 2 is 2.00 bits per heavy atom. The van der Waals surface area contributed by atoms with Crippen molar-refractivity contribution in [2.75, 3.05) is 6.61 Å². The van der Waals surface area contributed by atoms with Gasteiger partial charge in [0.1, 0.15) is 0 Å². The van der Waals surface area contributed by atoms with Crippen molar-refractivity contribution in [3.05, 3.63) is 39.9 Å². The second-order valence-corrected chi connectivity index (χ2v) is 5.11.